The summed E-state index contributed by atoms with van der Waals surface area (Å²) in [5, 5.41) is 16.9. The second kappa shape index (κ2) is 7.80. The summed E-state index contributed by atoms with van der Waals surface area (Å²) in [6.45, 7) is 0.820. The first-order valence-electron chi connectivity index (χ1n) is 6.69. The van der Waals surface area contributed by atoms with E-state index < -0.39 is 4.92 Å². The van der Waals surface area contributed by atoms with E-state index in [0.29, 0.717) is 23.7 Å². The number of halogens is 2. The second-order valence-corrected chi connectivity index (χ2v) is 5.37. The second-order valence-electron chi connectivity index (χ2n) is 4.59. The van der Waals surface area contributed by atoms with Gasteiger partial charge < -0.3 is 10.6 Å². The summed E-state index contributed by atoms with van der Waals surface area (Å²) in [5.74, 6) is -0.317. The lowest BCUT2D eigenvalue weighted by atomic mass is 10.2. The van der Waals surface area contributed by atoms with Gasteiger partial charge in [-0.25, -0.2) is 0 Å². The van der Waals surface area contributed by atoms with Crippen LogP contribution in [0.3, 0.4) is 0 Å². The number of amides is 1. The normalized spacial score (nSPS) is 10.2. The molecule has 0 heterocycles. The molecule has 0 saturated heterocycles. The third-order valence-electron chi connectivity index (χ3n) is 3.01. The van der Waals surface area contributed by atoms with Gasteiger partial charge in [-0.15, -0.1) is 0 Å². The average Bonchev–Trinajstić information content (AvgIpc) is 2.54. The molecule has 0 aromatic heterocycles. The van der Waals surface area contributed by atoms with Crippen molar-refractivity contribution in [3.05, 3.63) is 68.2 Å². The molecule has 0 radical (unpaired) electrons. The van der Waals surface area contributed by atoms with E-state index in [1.165, 1.54) is 12.1 Å². The van der Waals surface area contributed by atoms with Gasteiger partial charge in [-0.3, -0.25) is 14.9 Å². The van der Waals surface area contributed by atoms with Crippen LogP contribution in [0.15, 0.2) is 42.5 Å². The van der Waals surface area contributed by atoms with Crippen molar-refractivity contribution in [3.8, 4) is 0 Å². The van der Waals surface area contributed by atoms with Crippen molar-refractivity contribution < 1.29 is 9.72 Å². The highest BCUT2D eigenvalue weighted by Gasteiger charge is 2.11. The van der Waals surface area contributed by atoms with Crippen molar-refractivity contribution in [1.82, 2.24) is 5.32 Å². The minimum Gasteiger partial charge on any atom is -0.383 e. The van der Waals surface area contributed by atoms with Crippen molar-refractivity contribution in [2.75, 3.05) is 18.4 Å². The summed E-state index contributed by atoms with van der Waals surface area (Å²) < 4.78 is 0. The van der Waals surface area contributed by atoms with E-state index in [0.717, 1.165) is 5.69 Å². The van der Waals surface area contributed by atoms with Gasteiger partial charge in [0.05, 0.1) is 20.5 Å². The fourth-order valence-corrected chi connectivity index (χ4v) is 2.24. The van der Waals surface area contributed by atoms with Crippen LogP contribution in [0, 0.1) is 10.1 Å². The Morgan fingerprint density at radius 1 is 1.09 bits per heavy atom. The number of nitrogens with one attached hydrogen (secondary N) is 2. The van der Waals surface area contributed by atoms with Gasteiger partial charge in [-0.1, -0.05) is 29.3 Å². The molecule has 0 saturated carbocycles. The Kier molecular flexibility index (Phi) is 5.78. The molecule has 0 aliphatic rings. The van der Waals surface area contributed by atoms with Gasteiger partial charge in [0, 0.05) is 30.9 Å². The zero-order chi connectivity index (χ0) is 16.8. The average molecular weight is 354 g/mol. The molecule has 0 bridgehead atoms. The summed E-state index contributed by atoms with van der Waals surface area (Å²) in [4.78, 5) is 22.1. The monoisotopic (exact) mass is 353 g/mol. The number of hydrogen-bond acceptors (Lipinski definition) is 4. The third-order valence-corrected chi connectivity index (χ3v) is 3.83. The van der Waals surface area contributed by atoms with E-state index >= 15 is 0 Å². The van der Waals surface area contributed by atoms with E-state index in [1.807, 2.05) is 0 Å². The Hall–Kier alpha value is -2.31. The minimum absolute atomic E-state index is 0.0273. The summed E-state index contributed by atoms with van der Waals surface area (Å²) in [7, 11) is 0. The Bertz CT molecular complexity index is 720. The molecular formula is C15H13Cl2N3O3. The molecule has 0 unspecified atom stereocenters. The fraction of sp³-hybridized carbons (Fsp3) is 0.133. The highest BCUT2D eigenvalue weighted by atomic mass is 35.5. The van der Waals surface area contributed by atoms with Crippen LogP contribution in [-0.4, -0.2) is 23.9 Å². The molecule has 23 heavy (non-hydrogen) atoms. The molecule has 2 aromatic carbocycles. The number of carbonyl (C=O) groups excluding carboxylic acids is 1. The predicted octanol–water partition coefficient (Wildman–Crippen LogP) is 3.74. The SMILES string of the molecule is O=C(NCCNc1ccc([N+](=O)[O-])cc1)c1cccc(Cl)c1Cl. The van der Waals surface area contributed by atoms with Gasteiger partial charge in [-0.2, -0.15) is 0 Å². The van der Waals surface area contributed by atoms with Crippen molar-refractivity contribution in [3.63, 3.8) is 0 Å². The largest absolute Gasteiger partial charge is 0.383 e. The van der Waals surface area contributed by atoms with Gasteiger partial charge in [0.2, 0.25) is 0 Å². The fourth-order valence-electron chi connectivity index (χ4n) is 1.86. The molecule has 2 N–H and O–H groups in total. The van der Waals surface area contributed by atoms with Crippen LogP contribution in [0.5, 0.6) is 0 Å². The number of nitro groups is 1. The third kappa shape index (κ3) is 4.58. The van der Waals surface area contributed by atoms with Crippen molar-refractivity contribution in [2.24, 2.45) is 0 Å². The number of hydrogen-bond donors (Lipinski definition) is 2. The summed E-state index contributed by atoms with van der Waals surface area (Å²) >= 11 is 11.8. The van der Waals surface area contributed by atoms with Crippen molar-refractivity contribution >= 4 is 40.5 Å². The molecule has 0 spiro atoms. The molecule has 0 aliphatic carbocycles. The Morgan fingerprint density at radius 2 is 1.78 bits per heavy atom. The van der Waals surface area contributed by atoms with Gasteiger partial charge in [0.25, 0.3) is 11.6 Å². The van der Waals surface area contributed by atoms with Crippen molar-refractivity contribution in [2.45, 2.75) is 0 Å². The van der Waals surface area contributed by atoms with Crippen LogP contribution in [0.2, 0.25) is 10.0 Å². The topological polar surface area (TPSA) is 84.3 Å². The molecule has 6 nitrogen and oxygen atoms in total. The molecule has 0 fully saturated rings. The highest BCUT2D eigenvalue weighted by Crippen LogP contribution is 2.25. The standard InChI is InChI=1S/C15H13Cl2N3O3/c16-13-3-1-2-12(14(13)17)15(21)19-9-8-18-10-4-6-11(7-5-10)20(22)23/h1-7,18H,8-9H2,(H,19,21). The van der Waals surface area contributed by atoms with E-state index in [-0.39, 0.29) is 16.6 Å². The van der Waals surface area contributed by atoms with Crippen LogP contribution >= 0.6 is 23.2 Å². The lowest BCUT2D eigenvalue weighted by molar-refractivity contribution is -0.384. The zero-order valence-corrected chi connectivity index (χ0v) is 13.4. The first-order chi connectivity index (χ1) is 11.0. The summed E-state index contributed by atoms with van der Waals surface area (Å²) in [6.07, 6.45) is 0. The minimum atomic E-state index is -0.460. The predicted molar refractivity (Wildman–Crippen MR) is 90.4 cm³/mol. The number of nitrogens with zero attached hydrogens (tertiary/aromatic N) is 1. The van der Waals surface area contributed by atoms with E-state index in [1.54, 1.807) is 30.3 Å². The van der Waals surface area contributed by atoms with E-state index in [4.69, 9.17) is 23.2 Å². The highest BCUT2D eigenvalue weighted by molar-refractivity contribution is 6.43. The number of anilines is 1. The molecule has 8 heteroatoms. The molecule has 2 rings (SSSR count). The first-order valence-corrected chi connectivity index (χ1v) is 7.45. The van der Waals surface area contributed by atoms with Crippen LogP contribution < -0.4 is 10.6 Å². The molecule has 0 aliphatic heterocycles. The molecular weight excluding hydrogens is 341 g/mol. The van der Waals surface area contributed by atoms with Gasteiger partial charge >= 0.3 is 0 Å². The maximum atomic E-state index is 12.0. The van der Waals surface area contributed by atoms with E-state index in [9.17, 15) is 14.9 Å². The lowest BCUT2D eigenvalue weighted by Gasteiger charge is -2.09. The molecule has 1 amide bonds. The number of nitro benzene ring substituents is 1. The number of rotatable bonds is 6. The Morgan fingerprint density at radius 3 is 2.43 bits per heavy atom. The summed E-state index contributed by atoms with van der Waals surface area (Å²) in [5.41, 5.74) is 1.07. The van der Waals surface area contributed by atoms with Crippen LogP contribution in [-0.2, 0) is 0 Å². The quantitative estimate of drug-likeness (QED) is 0.470. The molecule has 0 atom stereocenters. The maximum Gasteiger partial charge on any atom is 0.269 e. The van der Waals surface area contributed by atoms with E-state index in [2.05, 4.69) is 10.6 Å². The van der Waals surface area contributed by atoms with Gasteiger partial charge in [0.15, 0.2) is 0 Å². The number of non-ortho nitro benzene ring substituents is 1. The Labute approximate surface area is 142 Å². The van der Waals surface area contributed by atoms with Crippen LogP contribution in [0.25, 0.3) is 0 Å². The van der Waals surface area contributed by atoms with Gasteiger partial charge in [0.1, 0.15) is 0 Å². The molecule has 2 aromatic rings. The number of benzene rings is 2. The maximum absolute atomic E-state index is 12.0. The van der Waals surface area contributed by atoms with Gasteiger partial charge in [-0.05, 0) is 24.3 Å². The molecule has 120 valence electrons. The summed E-state index contributed by atoms with van der Waals surface area (Å²) in [6, 6.07) is 10.9. The van der Waals surface area contributed by atoms with Crippen LogP contribution in [0.4, 0.5) is 11.4 Å². The lowest BCUT2D eigenvalue weighted by Crippen LogP contribution is -2.29. The zero-order valence-electron chi connectivity index (χ0n) is 11.9. The van der Waals surface area contributed by atoms with Crippen molar-refractivity contribution in [1.29, 1.82) is 0 Å². The Balaban J connectivity index is 1.82. The first kappa shape index (κ1) is 17.1. The smallest absolute Gasteiger partial charge is 0.269 e. The number of carbonyl (C=O) groups is 1. The van der Waals surface area contributed by atoms with Crippen LogP contribution in [0.1, 0.15) is 10.4 Å².